The number of rotatable bonds is 2. The molecule has 0 bridgehead atoms. The smallest absolute Gasteiger partial charge is 0.192 e. The molecular formula is C12H16ClN3. The van der Waals surface area contributed by atoms with Gasteiger partial charge in [0.25, 0.3) is 0 Å². The minimum absolute atomic E-state index is 0.247. The SMILES string of the molecule is CC(C)N1C(N)=NCC1c1ccc(Cl)cc1. The number of nitrogens with zero attached hydrogens (tertiary/aromatic N) is 2. The van der Waals surface area contributed by atoms with E-state index < -0.39 is 0 Å². The maximum Gasteiger partial charge on any atom is 0.192 e. The van der Waals surface area contributed by atoms with Crippen LogP contribution in [0.5, 0.6) is 0 Å². The second kappa shape index (κ2) is 4.34. The Hall–Kier alpha value is -1.22. The second-order valence-electron chi connectivity index (χ2n) is 4.27. The Kier molecular flexibility index (Phi) is 3.06. The molecule has 3 nitrogen and oxygen atoms in total. The molecule has 1 aromatic rings. The third-order valence-electron chi connectivity index (χ3n) is 2.84. The molecule has 1 unspecified atom stereocenters. The summed E-state index contributed by atoms with van der Waals surface area (Å²) >= 11 is 5.88. The molecule has 0 radical (unpaired) electrons. The van der Waals surface area contributed by atoms with Crippen molar-refractivity contribution in [1.82, 2.24) is 4.90 Å². The molecule has 4 heteroatoms. The Balaban J connectivity index is 2.25. The first-order valence-corrected chi connectivity index (χ1v) is 5.81. The molecule has 0 aliphatic carbocycles. The maximum atomic E-state index is 5.89. The molecule has 2 rings (SSSR count). The summed E-state index contributed by atoms with van der Waals surface area (Å²) < 4.78 is 0. The summed E-state index contributed by atoms with van der Waals surface area (Å²) in [6.45, 7) is 4.97. The van der Waals surface area contributed by atoms with E-state index >= 15 is 0 Å². The molecule has 1 aliphatic heterocycles. The Bertz CT molecular complexity index is 397. The number of hydrogen-bond acceptors (Lipinski definition) is 3. The number of aliphatic imine (C=N–C) groups is 1. The maximum absolute atomic E-state index is 5.89. The van der Waals surface area contributed by atoms with Gasteiger partial charge in [0.2, 0.25) is 0 Å². The Morgan fingerprint density at radius 2 is 2.00 bits per heavy atom. The summed E-state index contributed by atoms with van der Waals surface area (Å²) in [6.07, 6.45) is 0. The second-order valence-corrected chi connectivity index (χ2v) is 4.70. The molecule has 16 heavy (non-hydrogen) atoms. The topological polar surface area (TPSA) is 41.6 Å². The number of benzene rings is 1. The predicted octanol–water partition coefficient (Wildman–Crippen LogP) is 2.42. The molecule has 1 aromatic carbocycles. The minimum Gasteiger partial charge on any atom is -0.370 e. The zero-order valence-electron chi connectivity index (χ0n) is 9.52. The first kappa shape index (κ1) is 11.3. The van der Waals surface area contributed by atoms with Crippen molar-refractivity contribution in [3.05, 3.63) is 34.9 Å². The zero-order valence-corrected chi connectivity index (χ0v) is 10.3. The molecule has 0 amide bonds. The van der Waals surface area contributed by atoms with E-state index in [1.165, 1.54) is 5.56 Å². The highest BCUT2D eigenvalue weighted by atomic mass is 35.5. The Labute approximate surface area is 101 Å². The van der Waals surface area contributed by atoms with E-state index in [1.807, 2.05) is 24.3 Å². The molecule has 0 fully saturated rings. The lowest BCUT2D eigenvalue weighted by Gasteiger charge is -2.30. The van der Waals surface area contributed by atoms with Crippen LogP contribution in [-0.4, -0.2) is 23.4 Å². The van der Waals surface area contributed by atoms with E-state index in [9.17, 15) is 0 Å². The third-order valence-corrected chi connectivity index (χ3v) is 3.09. The van der Waals surface area contributed by atoms with Crippen LogP contribution in [0.2, 0.25) is 5.02 Å². The predicted molar refractivity (Wildman–Crippen MR) is 67.7 cm³/mol. The van der Waals surface area contributed by atoms with Crippen LogP contribution in [0.15, 0.2) is 29.3 Å². The first-order chi connectivity index (χ1) is 7.59. The van der Waals surface area contributed by atoms with Crippen LogP contribution < -0.4 is 5.73 Å². The van der Waals surface area contributed by atoms with Crippen molar-refractivity contribution in [3.8, 4) is 0 Å². The van der Waals surface area contributed by atoms with Gasteiger partial charge in [0, 0.05) is 11.1 Å². The van der Waals surface area contributed by atoms with Crippen molar-refractivity contribution in [2.75, 3.05) is 6.54 Å². The summed E-state index contributed by atoms with van der Waals surface area (Å²) in [6, 6.07) is 8.49. The van der Waals surface area contributed by atoms with Crippen molar-refractivity contribution in [2.24, 2.45) is 10.7 Å². The van der Waals surface area contributed by atoms with E-state index in [4.69, 9.17) is 17.3 Å². The molecule has 0 saturated carbocycles. The fourth-order valence-electron chi connectivity index (χ4n) is 2.08. The van der Waals surface area contributed by atoms with Gasteiger partial charge in [-0.1, -0.05) is 23.7 Å². The van der Waals surface area contributed by atoms with Crippen LogP contribution in [-0.2, 0) is 0 Å². The summed E-state index contributed by atoms with van der Waals surface area (Å²) in [5, 5.41) is 0.756. The molecule has 0 spiro atoms. The Morgan fingerprint density at radius 1 is 1.38 bits per heavy atom. The summed E-state index contributed by atoms with van der Waals surface area (Å²) in [5.41, 5.74) is 7.10. The standard InChI is InChI=1S/C12H16ClN3/c1-8(2)16-11(7-15-12(16)14)9-3-5-10(13)6-4-9/h3-6,8,11H,7H2,1-2H3,(H2,14,15). The lowest BCUT2D eigenvalue weighted by molar-refractivity contribution is 0.290. The molecule has 1 aliphatic rings. The van der Waals surface area contributed by atoms with Gasteiger partial charge in [0.05, 0.1) is 12.6 Å². The lowest BCUT2D eigenvalue weighted by Crippen LogP contribution is -2.40. The molecule has 2 N–H and O–H groups in total. The van der Waals surface area contributed by atoms with Gasteiger partial charge < -0.3 is 10.6 Å². The molecule has 1 heterocycles. The molecule has 0 aromatic heterocycles. The number of hydrogen-bond donors (Lipinski definition) is 1. The monoisotopic (exact) mass is 237 g/mol. The van der Waals surface area contributed by atoms with Crippen molar-refractivity contribution in [3.63, 3.8) is 0 Å². The van der Waals surface area contributed by atoms with Crippen molar-refractivity contribution in [2.45, 2.75) is 25.9 Å². The van der Waals surface area contributed by atoms with E-state index in [-0.39, 0.29) is 6.04 Å². The van der Waals surface area contributed by atoms with E-state index in [0.29, 0.717) is 12.0 Å². The van der Waals surface area contributed by atoms with Gasteiger partial charge in [-0.05, 0) is 31.5 Å². The average molecular weight is 238 g/mol. The van der Waals surface area contributed by atoms with Gasteiger partial charge in [-0.15, -0.1) is 0 Å². The van der Waals surface area contributed by atoms with Crippen molar-refractivity contribution in [1.29, 1.82) is 0 Å². The summed E-state index contributed by atoms with van der Waals surface area (Å²) in [4.78, 5) is 6.45. The van der Waals surface area contributed by atoms with E-state index in [0.717, 1.165) is 11.6 Å². The molecule has 86 valence electrons. The van der Waals surface area contributed by atoms with Gasteiger partial charge in [-0.3, -0.25) is 4.99 Å². The van der Waals surface area contributed by atoms with Crippen LogP contribution in [0, 0.1) is 0 Å². The molecule has 0 saturated heterocycles. The minimum atomic E-state index is 0.247. The quantitative estimate of drug-likeness (QED) is 0.859. The highest BCUT2D eigenvalue weighted by molar-refractivity contribution is 6.30. The number of halogens is 1. The largest absolute Gasteiger partial charge is 0.370 e. The van der Waals surface area contributed by atoms with Crippen molar-refractivity contribution >= 4 is 17.6 Å². The number of guanidine groups is 1. The van der Waals surface area contributed by atoms with E-state index in [2.05, 4.69) is 23.7 Å². The summed E-state index contributed by atoms with van der Waals surface area (Å²) in [5.74, 6) is 0.634. The van der Waals surface area contributed by atoms with Crippen LogP contribution >= 0.6 is 11.6 Å². The van der Waals surface area contributed by atoms with Crippen molar-refractivity contribution < 1.29 is 0 Å². The zero-order chi connectivity index (χ0) is 11.7. The van der Waals surface area contributed by atoms with Gasteiger partial charge in [0.15, 0.2) is 5.96 Å². The fourth-order valence-corrected chi connectivity index (χ4v) is 2.21. The van der Waals surface area contributed by atoms with Gasteiger partial charge in [-0.25, -0.2) is 0 Å². The van der Waals surface area contributed by atoms with Gasteiger partial charge in [0.1, 0.15) is 0 Å². The lowest BCUT2D eigenvalue weighted by atomic mass is 10.1. The van der Waals surface area contributed by atoms with Gasteiger partial charge >= 0.3 is 0 Å². The first-order valence-electron chi connectivity index (χ1n) is 5.43. The third kappa shape index (κ3) is 2.00. The molecular weight excluding hydrogens is 222 g/mol. The Morgan fingerprint density at radius 3 is 2.56 bits per heavy atom. The average Bonchev–Trinajstić information content (AvgIpc) is 2.61. The van der Waals surface area contributed by atoms with Crippen LogP contribution in [0.25, 0.3) is 0 Å². The van der Waals surface area contributed by atoms with Crippen LogP contribution in [0.3, 0.4) is 0 Å². The molecule has 1 atom stereocenters. The van der Waals surface area contributed by atoms with E-state index in [1.54, 1.807) is 0 Å². The fraction of sp³-hybridized carbons (Fsp3) is 0.417. The van der Waals surface area contributed by atoms with Crippen LogP contribution in [0.4, 0.5) is 0 Å². The highest BCUT2D eigenvalue weighted by Gasteiger charge is 2.29. The number of nitrogens with two attached hydrogens (primary N) is 1. The summed E-state index contributed by atoms with van der Waals surface area (Å²) in [7, 11) is 0. The normalized spacial score (nSPS) is 20.4. The van der Waals surface area contributed by atoms with Gasteiger partial charge in [-0.2, -0.15) is 0 Å². The van der Waals surface area contributed by atoms with Crippen LogP contribution in [0.1, 0.15) is 25.5 Å². The highest BCUT2D eigenvalue weighted by Crippen LogP contribution is 2.28.